The van der Waals surface area contributed by atoms with Crippen LogP contribution < -0.4 is 10.6 Å². The van der Waals surface area contributed by atoms with Gasteiger partial charge < -0.3 is 24.8 Å². The van der Waals surface area contributed by atoms with E-state index in [0.717, 1.165) is 12.8 Å². The summed E-state index contributed by atoms with van der Waals surface area (Å²) in [5, 5.41) is 6.01. The lowest BCUT2D eigenvalue weighted by Gasteiger charge is -2.31. The van der Waals surface area contributed by atoms with Gasteiger partial charge in [0, 0.05) is 26.3 Å². The third kappa shape index (κ3) is 4.41. The van der Waals surface area contributed by atoms with Gasteiger partial charge in [-0.05, 0) is 25.7 Å². The summed E-state index contributed by atoms with van der Waals surface area (Å²) in [6.07, 6.45) is 1.46. The molecule has 0 aromatic rings. The standard InChI is InChI=1S/C15H26N2O5/c1-10-13(16-5-8-22-10)14(18)17-9-12(15(19)20-2)11-3-6-21-7-4-11/h10-13,16H,3-9H2,1-2H3,(H,17,18)/t10-,12?,13+/m1/s1. The van der Waals surface area contributed by atoms with Gasteiger partial charge >= 0.3 is 5.97 Å². The first-order valence-corrected chi connectivity index (χ1v) is 7.91. The fraction of sp³-hybridized carbons (Fsp3) is 0.867. The number of carbonyl (C=O) groups excluding carboxylic acids is 2. The molecule has 0 bridgehead atoms. The summed E-state index contributed by atoms with van der Waals surface area (Å²) >= 11 is 0. The lowest BCUT2D eigenvalue weighted by Crippen LogP contribution is -2.56. The summed E-state index contributed by atoms with van der Waals surface area (Å²) in [7, 11) is 1.38. The Bertz CT molecular complexity index is 384. The molecule has 3 atom stereocenters. The lowest BCUT2D eigenvalue weighted by molar-refractivity contribution is -0.148. The van der Waals surface area contributed by atoms with Gasteiger partial charge in [-0.3, -0.25) is 9.59 Å². The average Bonchev–Trinajstić information content (AvgIpc) is 2.56. The van der Waals surface area contributed by atoms with Crippen LogP contribution in [0.3, 0.4) is 0 Å². The zero-order valence-corrected chi connectivity index (χ0v) is 13.3. The van der Waals surface area contributed by atoms with Crippen LogP contribution in [0.5, 0.6) is 0 Å². The number of hydrogen-bond acceptors (Lipinski definition) is 6. The molecule has 2 aliphatic rings. The second-order valence-corrected chi connectivity index (χ2v) is 5.83. The fourth-order valence-electron chi connectivity index (χ4n) is 3.06. The quantitative estimate of drug-likeness (QED) is 0.678. The number of morpholine rings is 1. The van der Waals surface area contributed by atoms with E-state index in [-0.39, 0.29) is 35.9 Å². The predicted molar refractivity (Wildman–Crippen MR) is 79.3 cm³/mol. The van der Waals surface area contributed by atoms with E-state index < -0.39 is 0 Å². The summed E-state index contributed by atoms with van der Waals surface area (Å²) in [5.41, 5.74) is 0. The van der Waals surface area contributed by atoms with Crippen molar-refractivity contribution >= 4 is 11.9 Å². The number of ether oxygens (including phenoxy) is 3. The van der Waals surface area contributed by atoms with Crippen molar-refractivity contribution in [2.75, 3.05) is 40.0 Å². The normalized spacial score (nSPS) is 27.9. The fourth-order valence-corrected chi connectivity index (χ4v) is 3.06. The van der Waals surface area contributed by atoms with Crippen molar-refractivity contribution in [2.24, 2.45) is 11.8 Å². The van der Waals surface area contributed by atoms with E-state index in [4.69, 9.17) is 14.2 Å². The predicted octanol–water partition coefficient (Wildman–Crippen LogP) is -0.305. The van der Waals surface area contributed by atoms with E-state index in [1.165, 1.54) is 7.11 Å². The first-order valence-electron chi connectivity index (χ1n) is 7.91. The minimum atomic E-state index is -0.373. The summed E-state index contributed by atoms with van der Waals surface area (Å²) in [5.74, 6) is -0.534. The SMILES string of the molecule is COC(=O)C(CNC(=O)[C@H]1NCCO[C@@H]1C)C1CCOCC1. The Morgan fingerprint density at radius 1 is 1.32 bits per heavy atom. The number of carbonyl (C=O) groups is 2. The minimum absolute atomic E-state index is 0.131. The van der Waals surface area contributed by atoms with Crippen LogP contribution in [0.4, 0.5) is 0 Å². The largest absolute Gasteiger partial charge is 0.469 e. The number of methoxy groups -OCH3 is 1. The summed E-state index contributed by atoms with van der Waals surface area (Å²) < 4.78 is 15.7. The molecule has 1 unspecified atom stereocenters. The molecular weight excluding hydrogens is 288 g/mol. The van der Waals surface area contributed by atoms with Gasteiger partial charge in [0.1, 0.15) is 6.04 Å². The van der Waals surface area contributed by atoms with Crippen molar-refractivity contribution in [2.45, 2.75) is 31.9 Å². The number of hydrogen-bond donors (Lipinski definition) is 2. The van der Waals surface area contributed by atoms with Crippen LogP contribution in [0.15, 0.2) is 0 Å². The molecule has 0 aromatic heterocycles. The molecule has 1 amide bonds. The molecule has 7 heteroatoms. The van der Waals surface area contributed by atoms with E-state index in [1.807, 2.05) is 6.92 Å². The van der Waals surface area contributed by atoms with E-state index in [0.29, 0.717) is 32.9 Å². The van der Waals surface area contributed by atoms with Gasteiger partial charge in [0.15, 0.2) is 0 Å². The van der Waals surface area contributed by atoms with Crippen LogP contribution in [-0.4, -0.2) is 64.0 Å². The van der Waals surface area contributed by atoms with Crippen LogP contribution >= 0.6 is 0 Å². The summed E-state index contributed by atoms with van der Waals surface area (Å²) in [6, 6.07) is -0.373. The molecular formula is C15H26N2O5. The Morgan fingerprint density at radius 3 is 2.68 bits per heavy atom. The molecule has 2 saturated heterocycles. The molecule has 22 heavy (non-hydrogen) atoms. The first-order chi connectivity index (χ1) is 10.6. The van der Waals surface area contributed by atoms with Crippen LogP contribution in [-0.2, 0) is 23.8 Å². The van der Waals surface area contributed by atoms with Gasteiger partial charge in [-0.25, -0.2) is 0 Å². The highest BCUT2D eigenvalue weighted by molar-refractivity contribution is 5.83. The minimum Gasteiger partial charge on any atom is -0.469 e. The monoisotopic (exact) mass is 314 g/mol. The van der Waals surface area contributed by atoms with Crippen molar-refractivity contribution in [3.05, 3.63) is 0 Å². The first kappa shape index (κ1) is 17.2. The lowest BCUT2D eigenvalue weighted by atomic mass is 9.86. The molecule has 7 nitrogen and oxygen atoms in total. The molecule has 126 valence electrons. The molecule has 2 aliphatic heterocycles. The zero-order valence-electron chi connectivity index (χ0n) is 13.3. The Morgan fingerprint density at radius 2 is 2.05 bits per heavy atom. The average molecular weight is 314 g/mol. The second-order valence-electron chi connectivity index (χ2n) is 5.83. The van der Waals surface area contributed by atoms with Crippen molar-refractivity contribution in [1.29, 1.82) is 0 Å². The van der Waals surface area contributed by atoms with Crippen molar-refractivity contribution < 1.29 is 23.8 Å². The molecule has 0 aromatic carbocycles. The van der Waals surface area contributed by atoms with Crippen molar-refractivity contribution in [1.82, 2.24) is 10.6 Å². The van der Waals surface area contributed by atoms with Crippen molar-refractivity contribution in [3.8, 4) is 0 Å². The number of nitrogens with one attached hydrogen (secondary N) is 2. The molecule has 0 radical (unpaired) electrons. The zero-order chi connectivity index (χ0) is 15.9. The van der Waals surface area contributed by atoms with Gasteiger partial charge in [-0.15, -0.1) is 0 Å². The smallest absolute Gasteiger partial charge is 0.310 e. The Kier molecular flexibility index (Phi) is 6.60. The maximum atomic E-state index is 12.3. The Labute approximate surface area is 131 Å². The van der Waals surface area contributed by atoms with Crippen molar-refractivity contribution in [3.63, 3.8) is 0 Å². The molecule has 0 spiro atoms. The van der Waals surface area contributed by atoms with Gasteiger partial charge in [-0.1, -0.05) is 0 Å². The highest BCUT2D eigenvalue weighted by atomic mass is 16.5. The van der Waals surface area contributed by atoms with E-state index in [2.05, 4.69) is 10.6 Å². The molecule has 2 rings (SSSR count). The van der Waals surface area contributed by atoms with Crippen LogP contribution in [0.2, 0.25) is 0 Å². The third-order valence-corrected chi connectivity index (χ3v) is 4.43. The second kappa shape index (κ2) is 8.45. The van der Waals surface area contributed by atoms with Gasteiger partial charge in [-0.2, -0.15) is 0 Å². The van der Waals surface area contributed by atoms with E-state index >= 15 is 0 Å². The molecule has 2 fully saturated rings. The van der Waals surface area contributed by atoms with E-state index in [9.17, 15) is 9.59 Å². The summed E-state index contributed by atoms with van der Waals surface area (Å²) in [6.45, 7) is 4.73. The third-order valence-electron chi connectivity index (χ3n) is 4.43. The molecule has 0 aliphatic carbocycles. The highest BCUT2D eigenvalue weighted by Crippen LogP contribution is 2.24. The molecule has 2 N–H and O–H groups in total. The number of amides is 1. The van der Waals surface area contributed by atoms with Gasteiger partial charge in [0.25, 0.3) is 0 Å². The van der Waals surface area contributed by atoms with Crippen LogP contribution in [0, 0.1) is 11.8 Å². The van der Waals surface area contributed by atoms with Gasteiger partial charge in [0.2, 0.25) is 5.91 Å². The Balaban J connectivity index is 1.89. The Hall–Kier alpha value is -1.18. The molecule has 2 heterocycles. The number of esters is 1. The maximum absolute atomic E-state index is 12.3. The molecule has 0 saturated carbocycles. The van der Waals surface area contributed by atoms with E-state index in [1.54, 1.807) is 0 Å². The van der Waals surface area contributed by atoms with Crippen LogP contribution in [0.25, 0.3) is 0 Å². The van der Waals surface area contributed by atoms with Crippen LogP contribution in [0.1, 0.15) is 19.8 Å². The van der Waals surface area contributed by atoms with Gasteiger partial charge in [0.05, 0.1) is 25.7 Å². The topological polar surface area (TPSA) is 85.9 Å². The highest BCUT2D eigenvalue weighted by Gasteiger charge is 2.33. The number of rotatable bonds is 5. The summed E-state index contributed by atoms with van der Waals surface area (Å²) in [4.78, 5) is 24.3. The maximum Gasteiger partial charge on any atom is 0.310 e.